The summed E-state index contributed by atoms with van der Waals surface area (Å²) in [7, 11) is 0. The lowest BCUT2D eigenvalue weighted by molar-refractivity contribution is -0.136. The highest BCUT2D eigenvalue weighted by Crippen LogP contribution is 2.32. The first-order chi connectivity index (χ1) is 15.0. The highest BCUT2D eigenvalue weighted by atomic mass is 16.2. The van der Waals surface area contributed by atoms with Crippen molar-refractivity contribution in [1.29, 1.82) is 0 Å². The van der Waals surface area contributed by atoms with E-state index in [1.165, 1.54) is 19.3 Å². The van der Waals surface area contributed by atoms with E-state index < -0.39 is 23.8 Å². The molecule has 4 heterocycles. The molecular formula is C23H28N4O4. The van der Waals surface area contributed by atoms with Gasteiger partial charge in [-0.1, -0.05) is 6.07 Å². The SMILES string of the molecule is O=C1CCC(N2C(=O)c3ccc(CN4CCC(C5CCNCC5)C4)cc3C2=O)C(=O)N1. The third-order valence-electron chi connectivity index (χ3n) is 7.27. The maximum atomic E-state index is 13.0. The molecule has 0 spiro atoms. The van der Waals surface area contributed by atoms with Crippen molar-refractivity contribution in [2.45, 2.75) is 44.7 Å². The van der Waals surface area contributed by atoms with Gasteiger partial charge in [0.2, 0.25) is 11.8 Å². The zero-order chi connectivity index (χ0) is 21.5. The van der Waals surface area contributed by atoms with Crippen LogP contribution in [0, 0.1) is 11.8 Å². The van der Waals surface area contributed by atoms with Crippen LogP contribution in [0.5, 0.6) is 0 Å². The second-order valence-electron chi connectivity index (χ2n) is 9.20. The summed E-state index contributed by atoms with van der Waals surface area (Å²) in [6.45, 7) is 5.13. The lowest BCUT2D eigenvalue weighted by Gasteiger charge is -2.28. The standard InChI is InChI=1S/C23H28N4O4/c28-20-4-3-19(21(29)25-20)27-22(30)17-2-1-14(11-18(17)23(27)31)12-26-10-7-16(13-26)15-5-8-24-9-6-15/h1-2,11,15-16,19,24H,3-10,12-13H2,(H,25,28,29). The van der Waals surface area contributed by atoms with Crippen molar-refractivity contribution in [2.75, 3.05) is 26.2 Å². The molecule has 8 nitrogen and oxygen atoms in total. The summed E-state index contributed by atoms with van der Waals surface area (Å²) in [4.78, 5) is 52.9. The summed E-state index contributed by atoms with van der Waals surface area (Å²) in [5.74, 6) is -0.297. The average molecular weight is 425 g/mol. The number of nitrogens with one attached hydrogen (secondary N) is 2. The van der Waals surface area contributed by atoms with Crippen molar-refractivity contribution < 1.29 is 19.2 Å². The van der Waals surface area contributed by atoms with Crippen molar-refractivity contribution in [3.63, 3.8) is 0 Å². The summed E-state index contributed by atoms with van der Waals surface area (Å²) in [5, 5.41) is 5.66. The second kappa shape index (κ2) is 8.16. The van der Waals surface area contributed by atoms with Crippen LogP contribution in [-0.4, -0.2) is 65.6 Å². The number of hydrogen-bond acceptors (Lipinski definition) is 6. The molecule has 3 saturated heterocycles. The van der Waals surface area contributed by atoms with Gasteiger partial charge in [0.1, 0.15) is 6.04 Å². The summed E-state index contributed by atoms with van der Waals surface area (Å²) in [5.41, 5.74) is 1.71. The Balaban J connectivity index is 1.27. The van der Waals surface area contributed by atoms with E-state index in [1.807, 2.05) is 6.07 Å². The molecule has 164 valence electrons. The normalized spacial score (nSPS) is 27.7. The van der Waals surface area contributed by atoms with Gasteiger partial charge < -0.3 is 5.32 Å². The number of carbonyl (C=O) groups excluding carboxylic acids is 4. The summed E-state index contributed by atoms with van der Waals surface area (Å²) < 4.78 is 0. The van der Waals surface area contributed by atoms with Gasteiger partial charge in [0, 0.05) is 19.5 Å². The highest BCUT2D eigenvalue weighted by Gasteiger charge is 2.44. The van der Waals surface area contributed by atoms with Crippen LogP contribution in [0.1, 0.15) is 58.4 Å². The van der Waals surface area contributed by atoms with Crippen LogP contribution in [0.15, 0.2) is 18.2 Å². The van der Waals surface area contributed by atoms with Gasteiger partial charge in [-0.2, -0.15) is 0 Å². The molecule has 0 radical (unpaired) electrons. The van der Waals surface area contributed by atoms with Crippen molar-refractivity contribution >= 4 is 23.6 Å². The van der Waals surface area contributed by atoms with Crippen LogP contribution < -0.4 is 10.6 Å². The van der Waals surface area contributed by atoms with Gasteiger partial charge in [-0.3, -0.25) is 34.3 Å². The summed E-state index contributed by atoms with van der Waals surface area (Å²) in [6, 6.07) is 4.50. The number of benzene rings is 1. The van der Waals surface area contributed by atoms with Gasteiger partial charge in [0.15, 0.2) is 0 Å². The van der Waals surface area contributed by atoms with Crippen LogP contribution >= 0.6 is 0 Å². The highest BCUT2D eigenvalue weighted by molar-refractivity contribution is 6.23. The first-order valence-electron chi connectivity index (χ1n) is 11.3. The Hall–Kier alpha value is -2.58. The molecule has 3 fully saturated rings. The Morgan fingerprint density at radius 2 is 1.68 bits per heavy atom. The second-order valence-corrected chi connectivity index (χ2v) is 9.20. The topological polar surface area (TPSA) is 98.8 Å². The molecule has 4 aliphatic heterocycles. The quantitative estimate of drug-likeness (QED) is 0.697. The lowest BCUT2D eigenvalue weighted by atomic mass is 9.84. The maximum absolute atomic E-state index is 13.0. The van der Waals surface area contributed by atoms with Gasteiger partial charge >= 0.3 is 0 Å². The molecular weight excluding hydrogens is 396 g/mol. The minimum atomic E-state index is -0.919. The molecule has 0 aliphatic carbocycles. The van der Waals surface area contributed by atoms with Crippen LogP contribution in [0.25, 0.3) is 0 Å². The van der Waals surface area contributed by atoms with Crippen LogP contribution in [0.4, 0.5) is 0 Å². The predicted octanol–water partition coefficient (Wildman–Crippen LogP) is 0.909. The number of imide groups is 2. The first-order valence-corrected chi connectivity index (χ1v) is 11.3. The molecule has 2 atom stereocenters. The Kier molecular flexibility index (Phi) is 5.35. The van der Waals surface area contributed by atoms with Crippen molar-refractivity contribution in [3.05, 3.63) is 34.9 Å². The van der Waals surface area contributed by atoms with E-state index in [0.717, 1.165) is 55.0 Å². The van der Waals surface area contributed by atoms with E-state index in [4.69, 9.17) is 0 Å². The Morgan fingerprint density at radius 1 is 0.903 bits per heavy atom. The number of fused-ring (bicyclic) bond motifs is 1. The fourth-order valence-corrected chi connectivity index (χ4v) is 5.58. The molecule has 2 N–H and O–H groups in total. The molecule has 31 heavy (non-hydrogen) atoms. The van der Waals surface area contributed by atoms with Gasteiger partial charge in [0.05, 0.1) is 11.1 Å². The number of nitrogens with zero attached hydrogens (tertiary/aromatic N) is 2. The molecule has 4 aliphatic rings. The molecule has 4 amide bonds. The van der Waals surface area contributed by atoms with Crippen LogP contribution in [0.3, 0.4) is 0 Å². The monoisotopic (exact) mass is 424 g/mol. The lowest BCUT2D eigenvalue weighted by Crippen LogP contribution is -2.54. The minimum Gasteiger partial charge on any atom is -0.317 e. The molecule has 0 saturated carbocycles. The Morgan fingerprint density at radius 3 is 2.45 bits per heavy atom. The van der Waals surface area contributed by atoms with Gasteiger partial charge in [-0.05, 0) is 74.8 Å². The van der Waals surface area contributed by atoms with E-state index in [0.29, 0.717) is 11.1 Å². The van der Waals surface area contributed by atoms with E-state index in [-0.39, 0.29) is 18.7 Å². The largest absolute Gasteiger partial charge is 0.317 e. The van der Waals surface area contributed by atoms with Gasteiger partial charge in [-0.15, -0.1) is 0 Å². The number of piperidine rings is 2. The van der Waals surface area contributed by atoms with E-state index >= 15 is 0 Å². The third-order valence-corrected chi connectivity index (χ3v) is 7.27. The van der Waals surface area contributed by atoms with Crippen molar-refractivity contribution in [2.24, 2.45) is 11.8 Å². The molecule has 5 rings (SSSR count). The van der Waals surface area contributed by atoms with Crippen molar-refractivity contribution in [3.8, 4) is 0 Å². The van der Waals surface area contributed by atoms with Crippen molar-refractivity contribution in [1.82, 2.24) is 20.4 Å². The first kappa shape index (κ1) is 20.3. The van der Waals surface area contributed by atoms with Gasteiger partial charge in [0.25, 0.3) is 11.8 Å². The summed E-state index contributed by atoms with van der Waals surface area (Å²) in [6.07, 6.45) is 4.03. The van der Waals surface area contributed by atoms with Crippen LogP contribution in [0.2, 0.25) is 0 Å². The predicted molar refractivity (Wildman–Crippen MR) is 112 cm³/mol. The van der Waals surface area contributed by atoms with E-state index in [2.05, 4.69) is 15.5 Å². The molecule has 1 aromatic carbocycles. The molecule has 2 unspecified atom stereocenters. The Labute approximate surface area is 181 Å². The molecule has 1 aromatic rings. The number of likely N-dealkylation sites (tertiary alicyclic amines) is 1. The maximum Gasteiger partial charge on any atom is 0.262 e. The van der Waals surface area contributed by atoms with E-state index in [9.17, 15) is 19.2 Å². The Bertz CT molecular complexity index is 940. The third kappa shape index (κ3) is 3.78. The number of hydrogen-bond donors (Lipinski definition) is 2. The van der Waals surface area contributed by atoms with Crippen LogP contribution in [-0.2, 0) is 16.1 Å². The van der Waals surface area contributed by atoms with E-state index in [1.54, 1.807) is 12.1 Å². The number of carbonyl (C=O) groups is 4. The zero-order valence-corrected chi connectivity index (χ0v) is 17.6. The smallest absolute Gasteiger partial charge is 0.262 e. The molecule has 0 aromatic heterocycles. The molecule has 0 bridgehead atoms. The number of amides is 4. The average Bonchev–Trinajstić information content (AvgIpc) is 3.33. The van der Waals surface area contributed by atoms with Gasteiger partial charge in [-0.25, -0.2) is 0 Å². The fourth-order valence-electron chi connectivity index (χ4n) is 5.58. The molecule has 8 heteroatoms. The zero-order valence-electron chi connectivity index (χ0n) is 17.6. The fraction of sp³-hybridized carbons (Fsp3) is 0.565. The number of rotatable bonds is 4. The summed E-state index contributed by atoms with van der Waals surface area (Å²) >= 11 is 0. The minimum absolute atomic E-state index is 0.127.